The van der Waals surface area contributed by atoms with Crippen LogP contribution < -0.4 is 20.1 Å². The molecule has 3 rings (SSSR count). The molecule has 0 fully saturated rings. The van der Waals surface area contributed by atoms with E-state index >= 15 is 0 Å². The van der Waals surface area contributed by atoms with Crippen molar-refractivity contribution in [2.45, 2.75) is 20.4 Å². The quantitative estimate of drug-likeness (QED) is 0.457. The maximum absolute atomic E-state index is 6.31. The van der Waals surface area contributed by atoms with E-state index in [1.165, 1.54) is 0 Å². The molecule has 0 saturated carbocycles. The second-order valence-corrected chi connectivity index (χ2v) is 7.84. The van der Waals surface area contributed by atoms with Crippen LogP contribution in [0.3, 0.4) is 0 Å². The van der Waals surface area contributed by atoms with Crippen LogP contribution in [-0.4, -0.2) is 29.1 Å². The Morgan fingerprint density at radius 3 is 2.50 bits per heavy atom. The molecule has 0 saturated heterocycles. The Morgan fingerprint density at radius 1 is 1.07 bits per heavy atom. The van der Waals surface area contributed by atoms with Crippen LogP contribution in [0.15, 0.2) is 36.4 Å². The second-order valence-electron chi connectivity index (χ2n) is 6.58. The monoisotopic (exact) mass is 464 g/mol. The van der Waals surface area contributed by atoms with Crippen molar-refractivity contribution in [1.29, 1.82) is 0 Å². The first-order chi connectivity index (χ1) is 14.3. The number of halogens is 2. The van der Waals surface area contributed by atoms with Crippen LogP contribution in [-0.2, 0) is 6.54 Å². The van der Waals surface area contributed by atoms with Gasteiger partial charge >= 0.3 is 0 Å². The summed E-state index contributed by atoms with van der Waals surface area (Å²) in [6.07, 6.45) is 0. The van der Waals surface area contributed by atoms with Crippen LogP contribution in [0.25, 0.3) is 0 Å². The molecule has 0 bridgehead atoms. The van der Waals surface area contributed by atoms with Crippen molar-refractivity contribution >= 4 is 51.9 Å². The van der Waals surface area contributed by atoms with Crippen LogP contribution >= 0.6 is 35.4 Å². The lowest BCUT2D eigenvalue weighted by Crippen LogP contribution is -2.20. The van der Waals surface area contributed by atoms with Crippen molar-refractivity contribution in [2.24, 2.45) is 0 Å². The van der Waals surface area contributed by atoms with E-state index < -0.39 is 0 Å². The summed E-state index contributed by atoms with van der Waals surface area (Å²) in [5.41, 5.74) is 4.21. The molecule has 0 unspecified atom stereocenters. The number of nitrogens with one attached hydrogen (secondary N) is 2. The zero-order valence-electron chi connectivity index (χ0n) is 17.0. The summed E-state index contributed by atoms with van der Waals surface area (Å²) in [4.78, 5) is 0. The highest BCUT2D eigenvalue weighted by atomic mass is 35.5. The van der Waals surface area contributed by atoms with Gasteiger partial charge in [-0.05, 0) is 55.9 Å². The molecule has 0 spiro atoms. The van der Waals surface area contributed by atoms with Gasteiger partial charge in [-0.3, -0.25) is 4.68 Å². The number of aryl methyl sites for hydroxylation is 1. The number of hydrogen-bond donors (Lipinski definition) is 2. The van der Waals surface area contributed by atoms with E-state index in [9.17, 15) is 0 Å². The number of benzene rings is 2. The lowest BCUT2D eigenvalue weighted by atomic mass is 10.2. The number of hydrogen-bond acceptors (Lipinski definition) is 4. The molecule has 30 heavy (non-hydrogen) atoms. The molecule has 0 aliphatic heterocycles. The van der Waals surface area contributed by atoms with Gasteiger partial charge < -0.3 is 20.1 Å². The minimum atomic E-state index is 0.414. The first-order valence-corrected chi connectivity index (χ1v) is 10.3. The summed E-state index contributed by atoms with van der Waals surface area (Å²) in [5.74, 6) is 1.35. The molecule has 1 heterocycles. The van der Waals surface area contributed by atoms with Gasteiger partial charge in [0.15, 0.2) is 5.11 Å². The Hall–Kier alpha value is -2.48. The van der Waals surface area contributed by atoms with E-state index in [-0.39, 0.29) is 0 Å². The zero-order valence-corrected chi connectivity index (χ0v) is 19.4. The first kappa shape index (κ1) is 22.2. The fraction of sp³-hybridized carbons (Fsp3) is 0.238. The molecule has 0 aliphatic carbocycles. The Morgan fingerprint density at radius 2 is 1.83 bits per heavy atom. The largest absolute Gasteiger partial charge is 0.497 e. The molecule has 0 amide bonds. The number of thiocarbonyl (C=S) groups is 1. The van der Waals surface area contributed by atoms with Crippen LogP contribution in [0.4, 0.5) is 11.4 Å². The summed E-state index contributed by atoms with van der Waals surface area (Å²) in [6, 6.07) is 10.9. The Balaban J connectivity index is 1.78. The summed E-state index contributed by atoms with van der Waals surface area (Å²) in [7, 11) is 3.21. The van der Waals surface area contributed by atoms with Crippen molar-refractivity contribution < 1.29 is 9.47 Å². The minimum absolute atomic E-state index is 0.414. The van der Waals surface area contributed by atoms with E-state index in [0.29, 0.717) is 38.9 Å². The molecule has 6 nitrogen and oxygen atoms in total. The molecule has 1 aromatic heterocycles. The Labute approximate surface area is 191 Å². The van der Waals surface area contributed by atoms with Crippen LogP contribution in [0, 0.1) is 13.8 Å². The number of nitrogens with zero attached hydrogens (tertiary/aromatic N) is 2. The molecule has 2 N–H and O–H groups in total. The highest BCUT2D eigenvalue weighted by Gasteiger charge is 2.15. The van der Waals surface area contributed by atoms with E-state index in [1.54, 1.807) is 20.3 Å². The maximum atomic E-state index is 6.31. The summed E-state index contributed by atoms with van der Waals surface area (Å²) >= 11 is 17.8. The lowest BCUT2D eigenvalue weighted by molar-refractivity contribution is 0.405. The molecule has 0 atom stereocenters. The molecule has 0 aliphatic rings. The van der Waals surface area contributed by atoms with Gasteiger partial charge in [0.1, 0.15) is 11.5 Å². The van der Waals surface area contributed by atoms with Crippen LogP contribution in [0.5, 0.6) is 11.5 Å². The fourth-order valence-corrected chi connectivity index (χ4v) is 3.70. The number of aromatic nitrogens is 2. The number of ether oxygens (including phenoxy) is 2. The van der Waals surface area contributed by atoms with E-state index in [1.807, 2.05) is 48.9 Å². The van der Waals surface area contributed by atoms with Gasteiger partial charge in [-0.25, -0.2) is 0 Å². The standard InChI is InChI=1S/C21H22Cl2N4O2S/c1-12-20(13(2)27(26-12)11-14-5-6-15(22)9-17(14)23)25-21(30)24-18-10-16(28-3)7-8-19(18)29-4/h5-10H,11H2,1-4H3,(H2,24,25,30). The molecular weight excluding hydrogens is 443 g/mol. The maximum Gasteiger partial charge on any atom is 0.175 e. The number of anilines is 2. The normalized spacial score (nSPS) is 10.6. The average Bonchev–Trinajstić information content (AvgIpc) is 2.97. The fourth-order valence-electron chi connectivity index (χ4n) is 3.02. The first-order valence-electron chi connectivity index (χ1n) is 9.10. The van der Waals surface area contributed by atoms with Crippen molar-refractivity contribution in [3.63, 3.8) is 0 Å². The van der Waals surface area contributed by atoms with E-state index in [0.717, 1.165) is 22.6 Å². The van der Waals surface area contributed by atoms with Gasteiger partial charge in [-0.1, -0.05) is 29.3 Å². The predicted molar refractivity (Wildman–Crippen MR) is 127 cm³/mol. The summed E-state index contributed by atoms with van der Waals surface area (Å²) in [6.45, 7) is 4.42. The third kappa shape index (κ3) is 4.98. The minimum Gasteiger partial charge on any atom is -0.497 e. The Kier molecular flexibility index (Phi) is 7.07. The zero-order chi connectivity index (χ0) is 21.8. The molecule has 2 aromatic carbocycles. The van der Waals surface area contributed by atoms with Crippen molar-refractivity contribution in [3.05, 3.63) is 63.4 Å². The topological polar surface area (TPSA) is 60.3 Å². The smallest absolute Gasteiger partial charge is 0.175 e. The van der Waals surface area contributed by atoms with Gasteiger partial charge in [0, 0.05) is 16.1 Å². The second kappa shape index (κ2) is 9.55. The van der Waals surface area contributed by atoms with Crippen molar-refractivity contribution in [2.75, 3.05) is 24.9 Å². The third-order valence-electron chi connectivity index (χ3n) is 4.61. The van der Waals surface area contributed by atoms with Gasteiger partial charge in [-0.15, -0.1) is 0 Å². The Bertz CT molecular complexity index is 1090. The SMILES string of the molecule is COc1ccc(OC)c(NC(=S)Nc2c(C)nn(Cc3ccc(Cl)cc3Cl)c2C)c1. The van der Waals surface area contributed by atoms with Gasteiger partial charge in [-0.2, -0.15) is 5.10 Å². The van der Waals surface area contributed by atoms with Crippen LogP contribution in [0.2, 0.25) is 10.0 Å². The van der Waals surface area contributed by atoms with E-state index in [2.05, 4.69) is 15.7 Å². The van der Waals surface area contributed by atoms with Gasteiger partial charge in [0.25, 0.3) is 0 Å². The summed E-state index contributed by atoms with van der Waals surface area (Å²) in [5, 5.41) is 12.6. The van der Waals surface area contributed by atoms with Gasteiger partial charge in [0.2, 0.25) is 0 Å². The van der Waals surface area contributed by atoms with Gasteiger partial charge in [0.05, 0.1) is 43.5 Å². The molecule has 3 aromatic rings. The highest BCUT2D eigenvalue weighted by molar-refractivity contribution is 7.80. The van der Waals surface area contributed by atoms with Crippen LogP contribution in [0.1, 0.15) is 17.0 Å². The number of rotatable bonds is 6. The lowest BCUT2D eigenvalue weighted by Gasteiger charge is -2.15. The summed E-state index contributed by atoms with van der Waals surface area (Å²) < 4.78 is 12.5. The van der Waals surface area contributed by atoms with Crippen molar-refractivity contribution in [3.8, 4) is 11.5 Å². The predicted octanol–water partition coefficient (Wildman–Crippen LogP) is 5.68. The average molecular weight is 465 g/mol. The number of methoxy groups -OCH3 is 2. The molecule has 158 valence electrons. The highest BCUT2D eigenvalue weighted by Crippen LogP contribution is 2.30. The molecule has 0 radical (unpaired) electrons. The molecule has 9 heteroatoms. The van der Waals surface area contributed by atoms with Crippen molar-refractivity contribution in [1.82, 2.24) is 9.78 Å². The van der Waals surface area contributed by atoms with E-state index in [4.69, 9.17) is 44.9 Å². The third-order valence-corrected chi connectivity index (χ3v) is 5.40. The molecular formula is C21H22Cl2N4O2S.